The second kappa shape index (κ2) is 9.96. The fraction of sp³-hybridized carbons (Fsp3) is 0.391. The maximum absolute atomic E-state index is 12.8. The van der Waals surface area contributed by atoms with Crippen molar-refractivity contribution in [2.24, 2.45) is 5.92 Å². The molecule has 1 saturated heterocycles. The Morgan fingerprint density at radius 1 is 0.968 bits per heavy atom. The quantitative estimate of drug-likeness (QED) is 0.775. The topological polar surface area (TPSA) is 82.6 Å². The molecule has 0 aliphatic carbocycles. The van der Waals surface area contributed by atoms with E-state index in [4.69, 9.17) is 0 Å². The second-order valence-electron chi connectivity index (χ2n) is 7.72. The molecule has 8 heteroatoms. The van der Waals surface area contributed by atoms with Gasteiger partial charge in [0.2, 0.25) is 17.7 Å². The van der Waals surface area contributed by atoms with Gasteiger partial charge in [0, 0.05) is 55.2 Å². The van der Waals surface area contributed by atoms with E-state index in [1.54, 1.807) is 39.9 Å². The summed E-state index contributed by atoms with van der Waals surface area (Å²) in [6.45, 7) is 1.75. The normalized spacial score (nSPS) is 16.5. The number of carbonyl (C=O) groups excluding carboxylic acids is 3. The molecule has 2 aliphatic heterocycles. The van der Waals surface area contributed by atoms with Gasteiger partial charge >= 0.3 is 0 Å². The van der Waals surface area contributed by atoms with Crippen molar-refractivity contribution in [3.8, 4) is 0 Å². The van der Waals surface area contributed by atoms with E-state index in [9.17, 15) is 14.4 Å². The highest BCUT2D eigenvalue weighted by Gasteiger charge is 2.28. The van der Waals surface area contributed by atoms with Gasteiger partial charge in [0.25, 0.3) is 0 Å². The summed E-state index contributed by atoms with van der Waals surface area (Å²) in [6, 6.07) is 13.3. The number of rotatable bonds is 5. The molecule has 0 unspecified atom stereocenters. The van der Waals surface area contributed by atoms with Crippen molar-refractivity contribution in [1.82, 2.24) is 9.88 Å². The minimum atomic E-state index is -0.130. The lowest BCUT2D eigenvalue weighted by atomic mass is 9.95. The molecule has 3 amide bonds. The van der Waals surface area contributed by atoms with Gasteiger partial charge in [-0.1, -0.05) is 18.2 Å². The molecular formula is C23H26N4O3S. The number of likely N-dealkylation sites (tertiary alicyclic amines) is 1. The molecule has 0 atom stereocenters. The maximum atomic E-state index is 12.8. The molecule has 3 heterocycles. The molecule has 162 valence electrons. The molecule has 1 N–H and O–H groups in total. The Labute approximate surface area is 186 Å². The van der Waals surface area contributed by atoms with Crippen LogP contribution < -0.4 is 10.2 Å². The number of amides is 3. The van der Waals surface area contributed by atoms with Gasteiger partial charge in [0.1, 0.15) is 5.82 Å². The molecule has 0 radical (unpaired) electrons. The second-order valence-corrected chi connectivity index (χ2v) is 8.86. The largest absolute Gasteiger partial charge is 0.343 e. The number of carbonyl (C=O) groups is 3. The van der Waals surface area contributed by atoms with Crippen LogP contribution in [0.5, 0.6) is 0 Å². The Morgan fingerprint density at radius 3 is 2.48 bits per heavy atom. The molecule has 31 heavy (non-hydrogen) atoms. The summed E-state index contributed by atoms with van der Waals surface area (Å²) < 4.78 is 0. The Hall–Kier alpha value is -2.87. The Morgan fingerprint density at radius 2 is 1.71 bits per heavy atom. The van der Waals surface area contributed by atoms with Crippen LogP contribution in [0.2, 0.25) is 0 Å². The third kappa shape index (κ3) is 5.25. The number of hydrogen-bond donors (Lipinski definition) is 1. The zero-order valence-electron chi connectivity index (χ0n) is 17.3. The molecule has 4 rings (SSSR count). The molecule has 2 aromatic rings. The molecular weight excluding hydrogens is 412 g/mol. The van der Waals surface area contributed by atoms with Gasteiger partial charge in [-0.15, -0.1) is 11.8 Å². The van der Waals surface area contributed by atoms with Crippen LogP contribution in [0.1, 0.15) is 25.7 Å². The average Bonchev–Trinajstić information content (AvgIpc) is 2.82. The predicted octanol–water partition coefficient (Wildman–Crippen LogP) is 3.18. The van der Waals surface area contributed by atoms with E-state index in [-0.39, 0.29) is 36.5 Å². The smallest absolute Gasteiger partial charge is 0.228 e. The van der Waals surface area contributed by atoms with Gasteiger partial charge < -0.3 is 15.1 Å². The number of pyridine rings is 1. The zero-order valence-corrected chi connectivity index (χ0v) is 18.1. The molecule has 0 bridgehead atoms. The van der Waals surface area contributed by atoms with Gasteiger partial charge in [-0.05, 0) is 37.1 Å². The minimum Gasteiger partial charge on any atom is -0.343 e. The summed E-state index contributed by atoms with van der Waals surface area (Å²) in [7, 11) is 0. The van der Waals surface area contributed by atoms with Crippen molar-refractivity contribution in [2.75, 3.05) is 35.6 Å². The van der Waals surface area contributed by atoms with Gasteiger partial charge in [0.15, 0.2) is 0 Å². The number of nitrogens with zero attached hydrogens (tertiary/aromatic N) is 3. The predicted molar refractivity (Wildman–Crippen MR) is 121 cm³/mol. The number of hydrogen-bond acceptors (Lipinski definition) is 5. The van der Waals surface area contributed by atoms with E-state index in [2.05, 4.69) is 10.3 Å². The lowest BCUT2D eigenvalue weighted by Gasteiger charge is -2.32. The monoisotopic (exact) mass is 438 g/mol. The van der Waals surface area contributed by atoms with Gasteiger partial charge in [-0.3, -0.25) is 14.4 Å². The molecule has 0 spiro atoms. The SMILES string of the molecule is O=C(Nc1ccccn1)C1CCN(C(=O)CCC(=O)N2CCSc3ccccc32)CC1. The average molecular weight is 439 g/mol. The van der Waals surface area contributed by atoms with E-state index in [0.717, 1.165) is 16.3 Å². The summed E-state index contributed by atoms with van der Waals surface area (Å²) in [6.07, 6.45) is 3.29. The fourth-order valence-corrected chi connectivity index (χ4v) is 4.99. The number of fused-ring (bicyclic) bond motifs is 1. The zero-order chi connectivity index (χ0) is 21.6. The van der Waals surface area contributed by atoms with E-state index >= 15 is 0 Å². The van der Waals surface area contributed by atoms with Crippen molar-refractivity contribution < 1.29 is 14.4 Å². The summed E-state index contributed by atoms with van der Waals surface area (Å²) in [5.41, 5.74) is 0.941. The summed E-state index contributed by atoms with van der Waals surface area (Å²) in [5.74, 6) is 1.20. The molecule has 1 aromatic heterocycles. The lowest BCUT2D eigenvalue weighted by Crippen LogP contribution is -2.42. The van der Waals surface area contributed by atoms with Crippen LogP contribution in [0.15, 0.2) is 53.6 Å². The minimum absolute atomic E-state index is 0.00859. The van der Waals surface area contributed by atoms with Crippen LogP contribution in [0, 0.1) is 5.92 Å². The summed E-state index contributed by atoms with van der Waals surface area (Å²) in [4.78, 5) is 46.6. The van der Waals surface area contributed by atoms with E-state index < -0.39 is 0 Å². The van der Waals surface area contributed by atoms with Crippen LogP contribution >= 0.6 is 11.8 Å². The first-order valence-corrected chi connectivity index (χ1v) is 11.6. The number of para-hydroxylation sites is 1. The van der Waals surface area contributed by atoms with Crippen molar-refractivity contribution >= 4 is 41.0 Å². The highest BCUT2D eigenvalue weighted by atomic mass is 32.2. The van der Waals surface area contributed by atoms with E-state index in [1.165, 1.54) is 0 Å². The van der Waals surface area contributed by atoms with Crippen LogP contribution in [0.3, 0.4) is 0 Å². The van der Waals surface area contributed by atoms with Crippen molar-refractivity contribution in [2.45, 2.75) is 30.6 Å². The first-order chi connectivity index (χ1) is 15.1. The Bertz CT molecular complexity index is 945. The molecule has 1 fully saturated rings. The van der Waals surface area contributed by atoms with Crippen molar-refractivity contribution in [3.63, 3.8) is 0 Å². The van der Waals surface area contributed by atoms with E-state index in [1.807, 2.05) is 30.3 Å². The number of piperidine rings is 1. The highest BCUT2D eigenvalue weighted by Crippen LogP contribution is 2.34. The molecule has 0 saturated carbocycles. The Kier molecular flexibility index (Phi) is 6.86. The molecule has 7 nitrogen and oxygen atoms in total. The van der Waals surface area contributed by atoms with Gasteiger partial charge in [-0.25, -0.2) is 4.98 Å². The summed E-state index contributed by atoms with van der Waals surface area (Å²) >= 11 is 1.75. The first kappa shape index (κ1) is 21.4. The lowest BCUT2D eigenvalue weighted by molar-refractivity contribution is -0.135. The standard InChI is InChI=1S/C23H26N4O3S/c28-21(8-9-22(29)27-15-16-31-19-6-2-1-5-18(19)27)26-13-10-17(11-14-26)23(30)25-20-7-3-4-12-24-20/h1-7,12,17H,8-11,13-16H2,(H,24,25,30). The number of thioether (sulfide) groups is 1. The number of nitrogens with one attached hydrogen (secondary N) is 1. The highest BCUT2D eigenvalue weighted by molar-refractivity contribution is 7.99. The molecule has 2 aliphatic rings. The van der Waals surface area contributed by atoms with E-state index in [0.29, 0.717) is 38.3 Å². The number of benzene rings is 1. The van der Waals surface area contributed by atoms with Crippen LogP contribution in [0.4, 0.5) is 11.5 Å². The van der Waals surface area contributed by atoms with Crippen LogP contribution in [0.25, 0.3) is 0 Å². The first-order valence-electron chi connectivity index (χ1n) is 10.6. The van der Waals surface area contributed by atoms with Crippen LogP contribution in [-0.4, -0.2) is 53.0 Å². The van der Waals surface area contributed by atoms with Crippen molar-refractivity contribution in [3.05, 3.63) is 48.7 Å². The number of aromatic nitrogens is 1. The number of anilines is 2. The van der Waals surface area contributed by atoms with Crippen molar-refractivity contribution in [1.29, 1.82) is 0 Å². The third-order valence-electron chi connectivity index (χ3n) is 5.72. The Balaban J connectivity index is 1.23. The van der Waals surface area contributed by atoms with Gasteiger partial charge in [-0.2, -0.15) is 0 Å². The van der Waals surface area contributed by atoms with Gasteiger partial charge in [0.05, 0.1) is 5.69 Å². The maximum Gasteiger partial charge on any atom is 0.228 e. The summed E-state index contributed by atoms with van der Waals surface area (Å²) in [5, 5.41) is 2.83. The third-order valence-corrected chi connectivity index (χ3v) is 6.76. The van der Waals surface area contributed by atoms with Crippen LogP contribution in [-0.2, 0) is 14.4 Å². The fourth-order valence-electron chi connectivity index (χ4n) is 3.99. The molecule has 1 aromatic carbocycles.